The minimum absolute atomic E-state index is 0.0451. The van der Waals surface area contributed by atoms with Crippen LogP contribution in [0.1, 0.15) is 59.1 Å². The third-order valence-electron chi connectivity index (χ3n) is 3.55. The largest absolute Gasteiger partial charge is 0.393 e. The van der Waals surface area contributed by atoms with Gasteiger partial charge in [-0.2, -0.15) is 0 Å². The number of rotatable bonds is 5. The van der Waals surface area contributed by atoms with E-state index in [1.54, 1.807) is 18.3 Å². The highest BCUT2D eigenvalue weighted by molar-refractivity contribution is 7.14. The molecule has 0 aromatic carbocycles. The SMILES string of the molecule is CC(O)CCCNC(=O)c1cc2c(s1)CCCCC2. The monoisotopic (exact) mass is 281 g/mol. The van der Waals surface area contributed by atoms with E-state index >= 15 is 0 Å². The second-order valence-corrected chi connectivity index (χ2v) is 6.50. The van der Waals surface area contributed by atoms with E-state index in [4.69, 9.17) is 5.11 Å². The van der Waals surface area contributed by atoms with E-state index in [-0.39, 0.29) is 12.0 Å². The Kier molecular flexibility index (Phi) is 5.40. The third-order valence-corrected chi connectivity index (χ3v) is 4.79. The summed E-state index contributed by atoms with van der Waals surface area (Å²) >= 11 is 1.66. The topological polar surface area (TPSA) is 49.3 Å². The Morgan fingerprint density at radius 2 is 2.21 bits per heavy atom. The van der Waals surface area contributed by atoms with Gasteiger partial charge in [0.15, 0.2) is 0 Å². The van der Waals surface area contributed by atoms with Gasteiger partial charge < -0.3 is 10.4 Å². The van der Waals surface area contributed by atoms with Gasteiger partial charge in [-0.3, -0.25) is 4.79 Å². The van der Waals surface area contributed by atoms with Crippen LogP contribution in [0.3, 0.4) is 0 Å². The number of fused-ring (bicyclic) bond motifs is 1. The number of aliphatic hydroxyl groups is 1. The Morgan fingerprint density at radius 1 is 1.42 bits per heavy atom. The second-order valence-electron chi connectivity index (χ2n) is 5.37. The van der Waals surface area contributed by atoms with E-state index in [9.17, 15) is 4.79 Å². The molecule has 1 unspecified atom stereocenters. The maximum atomic E-state index is 12.0. The molecule has 1 amide bonds. The summed E-state index contributed by atoms with van der Waals surface area (Å²) in [5, 5.41) is 12.1. The molecule has 0 bridgehead atoms. The smallest absolute Gasteiger partial charge is 0.261 e. The van der Waals surface area contributed by atoms with Gasteiger partial charge in [0.25, 0.3) is 5.91 Å². The number of carbonyl (C=O) groups excluding carboxylic acids is 1. The molecule has 19 heavy (non-hydrogen) atoms. The van der Waals surface area contributed by atoms with Gasteiger partial charge in [-0.1, -0.05) is 6.42 Å². The zero-order valence-electron chi connectivity index (χ0n) is 11.6. The first kappa shape index (κ1) is 14.5. The molecule has 3 nitrogen and oxygen atoms in total. The van der Waals surface area contributed by atoms with E-state index in [0.717, 1.165) is 30.6 Å². The number of carbonyl (C=O) groups is 1. The first-order chi connectivity index (χ1) is 9.16. The van der Waals surface area contributed by atoms with Crippen LogP contribution in [0.4, 0.5) is 0 Å². The van der Waals surface area contributed by atoms with Crippen LogP contribution in [0.25, 0.3) is 0 Å². The molecule has 2 rings (SSSR count). The molecule has 1 atom stereocenters. The van der Waals surface area contributed by atoms with Crippen LogP contribution >= 0.6 is 11.3 Å². The summed E-state index contributed by atoms with van der Waals surface area (Å²) in [5.41, 5.74) is 1.39. The van der Waals surface area contributed by atoms with Crippen molar-refractivity contribution in [2.24, 2.45) is 0 Å². The van der Waals surface area contributed by atoms with Crippen LogP contribution in [0, 0.1) is 0 Å². The quantitative estimate of drug-likeness (QED) is 0.644. The lowest BCUT2D eigenvalue weighted by molar-refractivity contribution is 0.0953. The molecular weight excluding hydrogens is 258 g/mol. The van der Waals surface area contributed by atoms with Crippen LogP contribution < -0.4 is 5.32 Å². The average molecular weight is 281 g/mol. The Hall–Kier alpha value is -0.870. The Labute approximate surface area is 119 Å². The lowest BCUT2D eigenvalue weighted by Crippen LogP contribution is -2.24. The maximum Gasteiger partial charge on any atom is 0.261 e. The molecule has 0 radical (unpaired) electrons. The fourth-order valence-corrected chi connectivity index (χ4v) is 3.64. The van der Waals surface area contributed by atoms with Crippen LogP contribution in [0.2, 0.25) is 0 Å². The Balaban J connectivity index is 1.86. The van der Waals surface area contributed by atoms with Gasteiger partial charge in [0.2, 0.25) is 0 Å². The molecule has 0 aliphatic heterocycles. The number of hydrogen-bond donors (Lipinski definition) is 2. The normalized spacial score (nSPS) is 16.5. The number of amides is 1. The molecule has 1 heterocycles. The molecule has 1 aromatic heterocycles. The predicted octanol–water partition coefficient (Wildman–Crippen LogP) is 2.91. The molecule has 1 aliphatic carbocycles. The van der Waals surface area contributed by atoms with Crippen molar-refractivity contribution in [3.05, 3.63) is 21.4 Å². The van der Waals surface area contributed by atoms with Crippen LogP contribution in [-0.2, 0) is 12.8 Å². The summed E-state index contributed by atoms with van der Waals surface area (Å²) < 4.78 is 0. The number of nitrogens with one attached hydrogen (secondary N) is 1. The fraction of sp³-hybridized carbons (Fsp3) is 0.667. The van der Waals surface area contributed by atoms with Gasteiger partial charge in [-0.05, 0) is 57.1 Å². The first-order valence-electron chi connectivity index (χ1n) is 7.24. The van der Waals surface area contributed by atoms with Crippen molar-refractivity contribution in [1.29, 1.82) is 0 Å². The van der Waals surface area contributed by atoms with Crippen LogP contribution in [-0.4, -0.2) is 23.7 Å². The molecular formula is C15H23NO2S. The van der Waals surface area contributed by atoms with Gasteiger partial charge in [-0.25, -0.2) is 0 Å². The van der Waals surface area contributed by atoms with Gasteiger partial charge >= 0.3 is 0 Å². The Morgan fingerprint density at radius 3 is 3.00 bits per heavy atom. The van der Waals surface area contributed by atoms with E-state index in [1.165, 1.54) is 29.7 Å². The molecule has 0 saturated carbocycles. The summed E-state index contributed by atoms with van der Waals surface area (Å²) in [6, 6.07) is 2.08. The number of aryl methyl sites for hydroxylation is 2. The molecule has 1 aromatic rings. The van der Waals surface area contributed by atoms with Crippen molar-refractivity contribution in [1.82, 2.24) is 5.32 Å². The van der Waals surface area contributed by atoms with Crippen molar-refractivity contribution < 1.29 is 9.90 Å². The van der Waals surface area contributed by atoms with Crippen molar-refractivity contribution >= 4 is 17.2 Å². The molecule has 1 aliphatic rings. The lowest BCUT2D eigenvalue weighted by atomic mass is 10.1. The van der Waals surface area contributed by atoms with Crippen molar-refractivity contribution in [3.8, 4) is 0 Å². The highest BCUT2D eigenvalue weighted by Crippen LogP contribution is 2.28. The summed E-state index contributed by atoms with van der Waals surface area (Å²) in [7, 11) is 0. The highest BCUT2D eigenvalue weighted by atomic mass is 32.1. The van der Waals surface area contributed by atoms with Crippen molar-refractivity contribution in [3.63, 3.8) is 0 Å². The van der Waals surface area contributed by atoms with Gasteiger partial charge in [-0.15, -0.1) is 11.3 Å². The standard InChI is InChI=1S/C15H23NO2S/c1-11(17)6-5-9-16-15(18)14-10-12-7-3-2-4-8-13(12)19-14/h10-11,17H,2-9H2,1H3,(H,16,18). The van der Waals surface area contributed by atoms with E-state index in [2.05, 4.69) is 11.4 Å². The number of hydrogen-bond acceptors (Lipinski definition) is 3. The minimum Gasteiger partial charge on any atom is -0.393 e. The molecule has 0 saturated heterocycles. The highest BCUT2D eigenvalue weighted by Gasteiger charge is 2.16. The van der Waals surface area contributed by atoms with E-state index in [1.807, 2.05) is 0 Å². The van der Waals surface area contributed by atoms with Crippen molar-refractivity contribution in [2.45, 2.75) is 58.0 Å². The third kappa shape index (κ3) is 4.32. The molecule has 0 fully saturated rings. The summed E-state index contributed by atoms with van der Waals surface area (Å²) in [6.07, 6.45) is 7.35. The maximum absolute atomic E-state index is 12.0. The fourth-order valence-electron chi connectivity index (χ4n) is 2.47. The van der Waals surface area contributed by atoms with Crippen molar-refractivity contribution in [2.75, 3.05) is 6.54 Å². The van der Waals surface area contributed by atoms with Crippen LogP contribution in [0.15, 0.2) is 6.07 Å². The molecule has 106 valence electrons. The van der Waals surface area contributed by atoms with E-state index < -0.39 is 0 Å². The van der Waals surface area contributed by atoms with Gasteiger partial charge in [0.05, 0.1) is 11.0 Å². The van der Waals surface area contributed by atoms with Crippen LogP contribution in [0.5, 0.6) is 0 Å². The lowest BCUT2D eigenvalue weighted by Gasteiger charge is -2.05. The summed E-state index contributed by atoms with van der Waals surface area (Å²) in [6.45, 7) is 2.42. The molecule has 2 N–H and O–H groups in total. The predicted molar refractivity (Wildman–Crippen MR) is 78.8 cm³/mol. The Bertz CT molecular complexity index is 402. The average Bonchev–Trinajstić information content (AvgIpc) is 2.66. The first-order valence-corrected chi connectivity index (χ1v) is 8.06. The van der Waals surface area contributed by atoms with E-state index in [0.29, 0.717) is 6.54 Å². The van der Waals surface area contributed by atoms with Gasteiger partial charge in [0, 0.05) is 11.4 Å². The molecule has 0 spiro atoms. The second kappa shape index (κ2) is 7.06. The zero-order chi connectivity index (χ0) is 13.7. The number of thiophene rings is 1. The molecule has 4 heteroatoms. The summed E-state index contributed by atoms with van der Waals surface area (Å²) in [4.78, 5) is 14.3. The zero-order valence-corrected chi connectivity index (χ0v) is 12.4. The van der Waals surface area contributed by atoms with Gasteiger partial charge in [0.1, 0.15) is 0 Å². The minimum atomic E-state index is -0.283. The summed E-state index contributed by atoms with van der Waals surface area (Å²) in [5.74, 6) is 0.0451. The number of aliphatic hydroxyl groups excluding tert-OH is 1.